The fourth-order valence-corrected chi connectivity index (χ4v) is 3.06. The van der Waals surface area contributed by atoms with Gasteiger partial charge in [-0.05, 0) is 29.7 Å². The number of sulfonamides is 1. The highest BCUT2D eigenvalue weighted by molar-refractivity contribution is 7.89. The van der Waals surface area contributed by atoms with Crippen molar-refractivity contribution in [3.63, 3.8) is 0 Å². The maximum atomic E-state index is 11.9. The summed E-state index contributed by atoms with van der Waals surface area (Å²) in [5.41, 5.74) is 2.12. The summed E-state index contributed by atoms with van der Waals surface area (Å²) >= 11 is 0. The summed E-state index contributed by atoms with van der Waals surface area (Å²) in [4.78, 5) is 11.8. The summed E-state index contributed by atoms with van der Waals surface area (Å²) < 4.78 is 28.5. The van der Waals surface area contributed by atoms with Gasteiger partial charge in [-0.25, -0.2) is 18.4 Å². The molecular weight excluding hydrogens is 302 g/mol. The molecule has 0 unspecified atom stereocenters. The molecule has 2 aromatic carbocycles. The number of primary sulfonamides is 1. The standard InChI is InChI=1S/C16H17NO4S/c1-3-11-9-13(12-7-5-4-6-8-12)15(22(17,19)20)10-14(11)16(18)21-2/h4-10H,3H2,1-2H3,(H2,17,19,20). The number of hydrogen-bond acceptors (Lipinski definition) is 4. The molecule has 2 N–H and O–H groups in total. The molecule has 116 valence electrons. The molecule has 0 aliphatic carbocycles. The van der Waals surface area contributed by atoms with Crippen LogP contribution in [0.5, 0.6) is 0 Å². The van der Waals surface area contributed by atoms with Gasteiger partial charge in [0.2, 0.25) is 10.0 Å². The zero-order chi connectivity index (χ0) is 16.3. The van der Waals surface area contributed by atoms with Gasteiger partial charge in [0.1, 0.15) is 0 Å². The Morgan fingerprint density at radius 2 is 1.82 bits per heavy atom. The number of aryl methyl sites for hydroxylation is 1. The Hall–Kier alpha value is -2.18. The minimum atomic E-state index is -3.98. The van der Waals surface area contributed by atoms with Gasteiger partial charge in [0, 0.05) is 5.56 Å². The molecular formula is C16H17NO4S. The molecule has 0 atom stereocenters. The number of esters is 1. The Morgan fingerprint density at radius 1 is 1.18 bits per heavy atom. The van der Waals surface area contributed by atoms with Crippen LogP contribution in [0, 0.1) is 0 Å². The van der Waals surface area contributed by atoms with Crippen LogP contribution >= 0.6 is 0 Å². The predicted octanol–water partition coefficient (Wildman–Crippen LogP) is 2.35. The van der Waals surface area contributed by atoms with Crippen LogP contribution < -0.4 is 5.14 Å². The van der Waals surface area contributed by atoms with Gasteiger partial charge in [-0.3, -0.25) is 0 Å². The largest absolute Gasteiger partial charge is 0.465 e. The van der Waals surface area contributed by atoms with E-state index in [1.165, 1.54) is 13.2 Å². The Balaban J connectivity index is 2.81. The molecule has 22 heavy (non-hydrogen) atoms. The summed E-state index contributed by atoms with van der Waals surface area (Å²) in [6.07, 6.45) is 0.565. The molecule has 0 amide bonds. The van der Waals surface area contributed by atoms with Crippen molar-refractivity contribution in [3.8, 4) is 11.1 Å². The SMILES string of the molecule is CCc1cc(-c2ccccc2)c(S(N)(=O)=O)cc1C(=O)OC. The van der Waals surface area contributed by atoms with Crippen molar-refractivity contribution in [2.24, 2.45) is 5.14 Å². The number of nitrogens with two attached hydrogens (primary N) is 1. The van der Waals surface area contributed by atoms with E-state index in [-0.39, 0.29) is 10.5 Å². The van der Waals surface area contributed by atoms with Crippen molar-refractivity contribution in [3.05, 3.63) is 53.6 Å². The first-order valence-electron chi connectivity index (χ1n) is 6.72. The molecule has 0 heterocycles. The lowest BCUT2D eigenvalue weighted by Gasteiger charge is -2.14. The highest BCUT2D eigenvalue weighted by Crippen LogP contribution is 2.30. The third-order valence-electron chi connectivity index (χ3n) is 3.38. The van der Waals surface area contributed by atoms with Gasteiger partial charge in [0.15, 0.2) is 0 Å². The summed E-state index contributed by atoms with van der Waals surface area (Å²) in [6, 6.07) is 12.0. The second-order valence-electron chi connectivity index (χ2n) is 4.76. The summed E-state index contributed by atoms with van der Waals surface area (Å²) in [6.45, 7) is 1.88. The van der Waals surface area contributed by atoms with Crippen LogP contribution in [0.15, 0.2) is 47.4 Å². The third-order valence-corrected chi connectivity index (χ3v) is 4.33. The van der Waals surface area contributed by atoms with Crippen molar-refractivity contribution >= 4 is 16.0 Å². The third kappa shape index (κ3) is 3.18. The van der Waals surface area contributed by atoms with Crippen LogP contribution in [-0.4, -0.2) is 21.5 Å². The van der Waals surface area contributed by atoms with E-state index in [4.69, 9.17) is 9.88 Å². The number of methoxy groups -OCH3 is 1. The maximum Gasteiger partial charge on any atom is 0.338 e. The van der Waals surface area contributed by atoms with E-state index in [9.17, 15) is 13.2 Å². The van der Waals surface area contributed by atoms with Crippen molar-refractivity contribution in [1.29, 1.82) is 0 Å². The number of carbonyl (C=O) groups excluding carboxylic acids is 1. The number of rotatable bonds is 4. The van der Waals surface area contributed by atoms with Gasteiger partial charge in [0.05, 0.1) is 17.6 Å². The fraction of sp³-hybridized carbons (Fsp3) is 0.188. The van der Waals surface area contributed by atoms with E-state index in [1.807, 2.05) is 25.1 Å². The van der Waals surface area contributed by atoms with Crippen LogP contribution in [0.1, 0.15) is 22.8 Å². The van der Waals surface area contributed by atoms with E-state index in [2.05, 4.69) is 0 Å². The first-order chi connectivity index (χ1) is 10.4. The van der Waals surface area contributed by atoms with Crippen LogP contribution in [0.2, 0.25) is 0 Å². The van der Waals surface area contributed by atoms with Crippen molar-refractivity contribution in [2.45, 2.75) is 18.2 Å². The van der Waals surface area contributed by atoms with Gasteiger partial charge in [-0.2, -0.15) is 0 Å². The highest BCUT2D eigenvalue weighted by atomic mass is 32.2. The average Bonchev–Trinajstić information content (AvgIpc) is 2.52. The van der Waals surface area contributed by atoms with E-state index >= 15 is 0 Å². The van der Waals surface area contributed by atoms with Gasteiger partial charge in [0.25, 0.3) is 0 Å². The molecule has 0 radical (unpaired) electrons. The number of benzene rings is 2. The van der Waals surface area contributed by atoms with Gasteiger partial charge in [-0.1, -0.05) is 37.3 Å². The lowest BCUT2D eigenvalue weighted by Crippen LogP contribution is -2.16. The minimum Gasteiger partial charge on any atom is -0.465 e. The molecule has 0 aromatic heterocycles. The van der Waals surface area contributed by atoms with Crippen LogP contribution in [0.25, 0.3) is 11.1 Å². The molecule has 0 spiro atoms. The van der Waals surface area contributed by atoms with Crippen molar-refractivity contribution in [1.82, 2.24) is 0 Å². The zero-order valence-corrected chi connectivity index (χ0v) is 13.2. The molecule has 6 heteroatoms. The van der Waals surface area contributed by atoms with Crippen LogP contribution in [0.3, 0.4) is 0 Å². The molecule has 2 aromatic rings. The molecule has 5 nitrogen and oxygen atoms in total. The van der Waals surface area contributed by atoms with Gasteiger partial charge >= 0.3 is 5.97 Å². The molecule has 0 saturated carbocycles. The van der Waals surface area contributed by atoms with E-state index in [0.29, 0.717) is 17.5 Å². The topological polar surface area (TPSA) is 86.5 Å². The van der Waals surface area contributed by atoms with E-state index in [1.54, 1.807) is 18.2 Å². The fourth-order valence-electron chi connectivity index (χ4n) is 2.30. The monoisotopic (exact) mass is 319 g/mol. The van der Waals surface area contributed by atoms with Crippen molar-refractivity contribution in [2.75, 3.05) is 7.11 Å². The first kappa shape index (κ1) is 16.2. The second kappa shape index (κ2) is 6.29. The molecule has 2 rings (SSSR count). The predicted molar refractivity (Wildman–Crippen MR) is 84.0 cm³/mol. The zero-order valence-electron chi connectivity index (χ0n) is 12.4. The lowest BCUT2D eigenvalue weighted by molar-refractivity contribution is 0.0599. The van der Waals surface area contributed by atoms with Crippen LogP contribution in [0.4, 0.5) is 0 Å². The number of carbonyl (C=O) groups is 1. The van der Waals surface area contributed by atoms with Gasteiger partial charge in [-0.15, -0.1) is 0 Å². The summed E-state index contributed by atoms with van der Waals surface area (Å²) in [5, 5.41) is 5.32. The van der Waals surface area contributed by atoms with E-state index < -0.39 is 16.0 Å². The second-order valence-corrected chi connectivity index (χ2v) is 6.29. The Kier molecular flexibility index (Phi) is 4.63. The maximum absolute atomic E-state index is 11.9. The minimum absolute atomic E-state index is 0.0868. The number of hydrogen-bond donors (Lipinski definition) is 1. The Bertz CT molecular complexity index is 798. The first-order valence-corrected chi connectivity index (χ1v) is 8.26. The lowest BCUT2D eigenvalue weighted by atomic mass is 9.97. The smallest absolute Gasteiger partial charge is 0.338 e. The molecule has 0 aliphatic heterocycles. The molecule has 0 bridgehead atoms. The normalized spacial score (nSPS) is 11.2. The Morgan fingerprint density at radius 3 is 2.32 bits per heavy atom. The Labute approximate surface area is 129 Å². The molecule has 0 aliphatic rings. The average molecular weight is 319 g/mol. The summed E-state index contributed by atoms with van der Waals surface area (Å²) in [5.74, 6) is -0.582. The highest BCUT2D eigenvalue weighted by Gasteiger charge is 2.21. The van der Waals surface area contributed by atoms with Gasteiger partial charge < -0.3 is 4.74 Å². The van der Waals surface area contributed by atoms with Crippen molar-refractivity contribution < 1.29 is 17.9 Å². The number of ether oxygens (including phenoxy) is 1. The van der Waals surface area contributed by atoms with Crippen LogP contribution in [-0.2, 0) is 21.2 Å². The quantitative estimate of drug-likeness (QED) is 0.876. The molecule has 0 fully saturated rings. The van der Waals surface area contributed by atoms with E-state index in [0.717, 1.165) is 5.56 Å². The summed E-state index contributed by atoms with van der Waals surface area (Å²) in [7, 11) is -2.73. The molecule has 0 saturated heterocycles.